The zero-order valence-corrected chi connectivity index (χ0v) is 20.5. The average Bonchev–Trinajstić information content (AvgIpc) is 2.86. The van der Waals surface area contributed by atoms with Crippen LogP contribution in [0.5, 0.6) is 5.88 Å². The Hall–Kier alpha value is -2.86. The highest BCUT2D eigenvalue weighted by atomic mass is 32.2. The van der Waals surface area contributed by atoms with E-state index in [1.165, 1.54) is 7.05 Å². The van der Waals surface area contributed by atoms with E-state index in [0.29, 0.717) is 43.2 Å². The quantitative estimate of drug-likeness (QED) is 0.480. The standard InChI is InChI=1S/C23H30N6O4S/c1-24-34(30,31)13-11-29-10-12-32-19(15-29)16-33-23-22-21(25-8-9-26-22)14-20(27-23)17-4-6-18(7-5-17)28(2)3/h4-9,14,19,24H,10-13,15-16H2,1-3H3/t19-/m0/s1. The molecule has 0 amide bonds. The van der Waals surface area contributed by atoms with Crippen LogP contribution in [-0.2, 0) is 14.8 Å². The molecule has 1 aromatic carbocycles. The van der Waals surface area contributed by atoms with Crippen molar-refractivity contribution >= 4 is 26.7 Å². The fourth-order valence-corrected chi connectivity index (χ4v) is 4.43. The minimum atomic E-state index is -3.25. The lowest BCUT2D eigenvalue weighted by atomic mass is 10.1. The molecule has 4 rings (SSSR count). The predicted octanol–water partition coefficient (Wildman–Crippen LogP) is 1.39. The smallest absolute Gasteiger partial charge is 0.242 e. The predicted molar refractivity (Wildman–Crippen MR) is 132 cm³/mol. The minimum absolute atomic E-state index is 0.0491. The molecule has 0 saturated carbocycles. The monoisotopic (exact) mass is 486 g/mol. The van der Waals surface area contributed by atoms with Crippen molar-refractivity contribution < 1.29 is 17.9 Å². The Kier molecular flexibility index (Phi) is 7.57. The van der Waals surface area contributed by atoms with Crippen molar-refractivity contribution in [3.8, 4) is 17.1 Å². The number of nitrogens with one attached hydrogen (secondary N) is 1. The third kappa shape index (κ3) is 5.98. The van der Waals surface area contributed by atoms with Crippen molar-refractivity contribution in [1.29, 1.82) is 0 Å². The maximum absolute atomic E-state index is 11.7. The van der Waals surface area contributed by atoms with Gasteiger partial charge in [0.1, 0.15) is 12.7 Å². The van der Waals surface area contributed by atoms with Gasteiger partial charge in [-0.15, -0.1) is 0 Å². The van der Waals surface area contributed by atoms with Crippen LogP contribution in [0.1, 0.15) is 0 Å². The number of morpholine rings is 1. The second kappa shape index (κ2) is 10.6. The van der Waals surface area contributed by atoms with Crippen LogP contribution in [0.25, 0.3) is 22.3 Å². The molecule has 0 radical (unpaired) electrons. The van der Waals surface area contributed by atoms with E-state index in [1.807, 2.05) is 49.3 Å². The van der Waals surface area contributed by atoms with Gasteiger partial charge in [0.05, 0.1) is 23.6 Å². The number of ether oxygens (including phenoxy) is 2. The SMILES string of the molecule is CNS(=O)(=O)CCN1CCO[C@H](COc2nc(-c3ccc(N(C)C)cc3)cc3nccnc23)C1. The Balaban J connectivity index is 1.49. The molecule has 1 aliphatic rings. The van der Waals surface area contributed by atoms with Crippen molar-refractivity contribution in [1.82, 2.24) is 24.6 Å². The van der Waals surface area contributed by atoms with Crippen molar-refractivity contribution in [3.63, 3.8) is 0 Å². The molecule has 34 heavy (non-hydrogen) atoms. The van der Waals surface area contributed by atoms with Crippen molar-refractivity contribution in [2.45, 2.75) is 6.10 Å². The summed E-state index contributed by atoms with van der Waals surface area (Å²) in [6.45, 7) is 2.49. The van der Waals surface area contributed by atoms with Gasteiger partial charge in [-0.1, -0.05) is 12.1 Å². The Morgan fingerprint density at radius 2 is 1.97 bits per heavy atom. The summed E-state index contributed by atoms with van der Waals surface area (Å²) in [6, 6.07) is 10.0. The van der Waals surface area contributed by atoms with Crippen LogP contribution in [0.15, 0.2) is 42.7 Å². The molecule has 10 nitrogen and oxygen atoms in total. The summed E-state index contributed by atoms with van der Waals surface area (Å²) in [6.07, 6.45) is 3.05. The average molecular weight is 487 g/mol. The third-order valence-corrected chi connectivity index (χ3v) is 7.06. The number of fused-ring (bicyclic) bond motifs is 1. The fraction of sp³-hybridized carbons (Fsp3) is 0.435. The number of hydrogen-bond donors (Lipinski definition) is 1. The fourth-order valence-electron chi connectivity index (χ4n) is 3.73. The molecule has 0 bridgehead atoms. The van der Waals surface area contributed by atoms with Crippen molar-refractivity contribution in [3.05, 3.63) is 42.7 Å². The number of anilines is 1. The molecule has 2 aromatic heterocycles. The number of pyridine rings is 1. The third-order valence-electron chi connectivity index (χ3n) is 5.72. The largest absolute Gasteiger partial charge is 0.473 e. The number of benzene rings is 1. The molecule has 3 aromatic rings. The molecule has 0 unspecified atom stereocenters. The normalized spacial score (nSPS) is 17.1. The highest BCUT2D eigenvalue weighted by molar-refractivity contribution is 7.89. The van der Waals surface area contributed by atoms with Gasteiger partial charge in [0.15, 0.2) is 5.52 Å². The van der Waals surface area contributed by atoms with Crippen LogP contribution in [0.4, 0.5) is 5.69 Å². The van der Waals surface area contributed by atoms with Gasteiger partial charge in [-0.2, -0.15) is 0 Å². The van der Waals surface area contributed by atoms with E-state index in [-0.39, 0.29) is 18.5 Å². The molecule has 1 N–H and O–H groups in total. The zero-order chi connectivity index (χ0) is 24.1. The molecule has 0 aliphatic carbocycles. The van der Waals surface area contributed by atoms with E-state index < -0.39 is 10.0 Å². The van der Waals surface area contributed by atoms with E-state index in [4.69, 9.17) is 14.5 Å². The lowest BCUT2D eigenvalue weighted by molar-refractivity contribution is -0.0465. The zero-order valence-electron chi connectivity index (χ0n) is 19.6. The highest BCUT2D eigenvalue weighted by Crippen LogP contribution is 2.28. The van der Waals surface area contributed by atoms with Gasteiger partial charge in [0.2, 0.25) is 15.9 Å². The van der Waals surface area contributed by atoms with Crippen LogP contribution in [0, 0.1) is 0 Å². The van der Waals surface area contributed by atoms with Crippen LogP contribution in [0.2, 0.25) is 0 Å². The summed E-state index contributed by atoms with van der Waals surface area (Å²) in [5.74, 6) is 0.448. The van der Waals surface area contributed by atoms with Gasteiger partial charge >= 0.3 is 0 Å². The van der Waals surface area contributed by atoms with Gasteiger partial charge in [-0.25, -0.2) is 23.1 Å². The van der Waals surface area contributed by atoms with Gasteiger partial charge in [0.25, 0.3) is 0 Å². The molecule has 1 saturated heterocycles. The van der Waals surface area contributed by atoms with Gasteiger partial charge in [-0.3, -0.25) is 9.88 Å². The first-order valence-electron chi connectivity index (χ1n) is 11.1. The number of hydrogen-bond acceptors (Lipinski definition) is 9. The summed E-state index contributed by atoms with van der Waals surface area (Å²) in [5, 5.41) is 0. The first kappa shape index (κ1) is 24.3. The molecule has 182 valence electrons. The van der Waals surface area contributed by atoms with Crippen LogP contribution >= 0.6 is 0 Å². The maximum atomic E-state index is 11.7. The first-order valence-corrected chi connectivity index (χ1v) is 12.8. The van der Waals surface area contributed by atoms with Crippen molar-refractivity contribution in [2.24, 2.45) is 0 Å². The second-order valence-corrected chi connectivity index (χ2v) is 10.4. The van der Waals surface area contributed by atoms with E-state index in [0.717, 1.165) is 16.9 Å². The van der Waals surface area contributed by atoms with Crippen LogP contribution in [0.3, 0.4) is 0 Å². The lowest BCUT2D eigenvalue weighted by Gasteiger charge is -2.32. The summed E-state index contributed by atoms with van der Waals surface area (Å²) in [5.41, 5.74) is 4.08. The van der Waals surface area contributed by atoms with Gasteiger partial charge in [0, 0.05) is 57.4 Å². The maximum Gasteiger partial charge on any atom is 0.242 e. The number of aromatic nitrogens is 3. The molecule has 0 spiro atoms. The van der Waals surface area contributed by atoms with Gasteiger partial charge in [-0.05, 0) is 25.2 Å². The van der Waals surface area contributed by atoms with Crippen LogP contribution in [-0.4, -0.2) is 94.1 Å². The molecule has 1 aliphatic heterocycles. The molecule has 1 fully saturated rings. The number of nitrogens with zero attached hydrogens (tertiary/aromatic N) is 5. The summed E-state index contributed by atoms with van der Waals surface area (Å²) in [4.78, 5) is 17.7. The van der Waals surface area contributed by atoms with E-state index in [2.05, 4.69) is 19.6 Å². The molecular weight excluding hydrogens is 456 g/mol. The Morgan fingerprint density at radius 1 is 1.21 bits per heavy atom. The lowest BCUT2D eigenvalue weighted by Crippen LogP contribution is -2.47. The molecular formula is C23H30N6O4S. The molecule has 11 heteroatoms. The minimum Gasteiger partial charge on any atom is -0.473 e. The van der Waals surface area contributed by atoms with Crippen LogP contribution < -0.4 is 14.4 Å². The Morgan fingerprint density at radius 3 is 2.71 bits per heavy atom. The van der Waals surface area contributed by atoms with Crippen molar-refractivity contribution in [2.75, 3.05) is 64.6 Å². The Bertz CT molecular complexity index is 1220. The summed E-state index contributed by atoms with van der Waals surface area (Å²) >= 11 is 0. The summed E-state index contributed by atoms with van der Waals surface area (Å²) < 4.78 is 37.8. The van der Waals surface area contributed by atoms with E-state index >= 15 is 0 Å². The van der Waals surface area contributed by atoms with Gasteiger partial charge < -0.3 is 14.4 Å². The number of rotatable bonds is 9. The molecule has 1 atom stereocenters. The second-order valence-electron chi connectivity index (χ2n) is 8.31. The first-order chi connectivity index (χ1) is 16.3. The van der Waals surface area contributed by atoms with E-state index in [1.54, 1.807) is 12.4 Å². The topological polar surface area (TPSA) is 110 Å². The summed E-state index contributed by atoms with van der Waals surface area (Å²) in [7, 11) is 2.18. The number of sulfonamides is 1. The van der Waals surface area contributed by atoms with E-state index in [9.17, 15) is 8.42 Å². The highest BCUT2D eigenvalue weighted by Gasteiger charge is 2.23. The molecule has 3 heterocycles. The Labute approximate surface area is 200 Å².